The fourth-order valence-corrected chi connectivity index (χ4v) is 1.90. The molecular weight excluding hydrogens is 268 g/mol. The van der Waals surface area contributed by atoms with Crippen LogP contribution in [-0.2, 0) is 0 Å². The van der Waals surface area contributed by atoms with Gasteiger partial charge < -0.3 is 9.84 Å². The molecule has 2 heterocycles. The van der Waals surface area contributed by atoms with Crippen LogP contribution in [0.4, 0.5) is 5.69 Å². The minimum atomic E-state index is -0.272. The molecule has 0 saturated heterocycles. The van der Waals surface area contributed by atoms with Crippen molar-refractivity contribution in [1.82, 2.24) is 15.1 Å². The summed E-state index contributed by atoms with van der Waals surface area (Å²) in [5.41, 5.74) is 1.68. The van der Waals surface area contributed by atoms with Gasteiger partial charge in [0.25, 0.3) is 5.91 Å². The highest BCUT2D eigenvalue weighted by Gasteiger charge is 2.16. The number of nitrogens with one attached hydrogen (secondary N) is 1. The first-order chi connectivity index (χ1) is 10.2. The standard InChI is InChI=1S/C15H12N4O2/c1-10-17-14(19-21-10)12-7-8-16-9-13(12)15(20)18-11-5-3-2-4-6-11/h2-9H,1H3,(H,18,20). The molecule has 2 aromatic heterocycles. The van der Waals surface area contributed by atoms with Gasteiger partial charge in [-0.2, -0.15) is 4.98 Å². The van der Waals surface area contributed by atoms with Crippen molar-refractivity contribution in [3.05, 3.63) is 60.2 Å². The molecule has 6 heteroatoms. The van der Waals surface area contributed by atoms with Crippen molar-refractivity contribution in [2.24, 2.45) is 0 Å². The molecule has 3 aromatic rings. The van der Waals surface area contributed by atoms with Crippen LogP contribution in [0.2, 0.25) is 0 Å². The van der Waals surface area contributed by atoms with E-state index >= 15 is 0 Å². The van der Waals surface area contributed by atoms with Crippen LogP contribution in [0.3, 0.4) is 0 Å². The van der Waals surface area contributed by atoms with Crippen LogP contribution in [0.25, 0.3) is 11.4 Å². The number of benzene rings is 1. The fourth-order valence-electron chi connectivity index (χ4n) is 1.90. The SMILES string of the molecule is Cc1nc(-c2ccncc2C(=O)Nc2ccccc2)no1. The van der Waals surface area contributed by atoms with Gasteiger partial charge in [-0.05, 0) is 18.2 Å². The highest BCUT2D eigenvalue weighted by atomic mass is 16.5. The predicted octanol–water partition coefficient (Wildman–Crippen LogP) is 2.69. The van der Waals surface area contributed by atoms with Crippen LogP contribution in [0, 0.1) is 6.92 Å². The Balaban J connectivity index is 1.94. The summed E-state index contributed by atoms with van der Waals surface area (Å²) in [7, 11) is 0. The Bertz CT molecular complexity index is 768. The second-order valence-electron chi connectivity index (χ2n) is 4.38. The maximum atomic E-state index is 12.4. The first-order valence-electron chi connectivity index (χ1n) is 6.35. The molecule has 0 unspecified atom stereocenters. The number of para-hydroxylation sites is 1. The zero-order valence-corrected chi connectivity index (χ0v) is 11.3. The van der Waals surface area contributed by atoms with E-state index in [2.05, 4.69) is 20.4 Å². The topological polar surface area (TPSA) is 80.9 Å². The largest absolute Gasteiger partial charge is 0.339 e. The minimum Gasteiger partial charge on any atom is -0.339 e. The lowest BCUT2D eigenvalue weighted by Crippen LogP contribution is -2.13. The summed E-state index contributed by atoms with van der Waals surface area (Å²) in [5.74, 6) is 0.538. The summed E-state index contributed by atoms with van der Waals surface area (Å²) in [6, 6.07) is 10.9. The molecular formula is C15H12N4O2. The number of hydrogen-bond acceptors (Lipinski definition) is 5. The van der Waals surface area contributed by atoms with Crippen molar-refractivity contribution >= 4 is 11.6 Å². The van der Waals surface area contributed by atoms with Gasteiger partial charge in [-0.25, -0.2) is 0 Å². The number of carbonyl (C=O) groups is 1. The lowest BCUT2D eigenvalue weighted by atomic mass is 10.1. The van der Waals surface area contributed by atoms with E-state index in [0.717, 1.165) is 0 Å². The Morgan fingerprint density at radius 1 is 1.19 bits per heavy atom. The second kappa shape index (κ2) is 5.54. The maximum Gasteiger partial charge on any atom is 0.257 e. The van der Waals surface area contributed by atoms with Crippen LogP contribution in [0.15, 0.2) is 53.3 Å². The molecule has 0 aliphatic heterocycles. The van der Waals surface area contributed by atoms with Gasteiger partial charge in [0.1, 0.15) is 0 Å². The number of hydrogen-bond donors (Lipinski definition) is 1. The van der Waals surface area contributed by atoms with E-state index in [-0.39, 0.29) is 5.91 Å². The Kier molecular flexibility index (Phi) is 3.42. The third-order valence-corrected chi connectivity index (χ3v) is 2.87. The normalized spacial score (nSPS) is 10.3. The minimum absolute atomic E-state index is 0.272. The van der Waals surface area contributed by atoms with Crippen LogP contribution < -0.4 is 5.32 Å². The van der Waals surface area contributed by atoms with Gasteiger partial charge in [-0.3, -0.25) is 9.78 Å². The third kappa shape index (κ3) is 2.79. The van der Waals surface area contributed by atoms with Crippen LogP contribution >= 0.6 is 0 Å². The monoisotopic (exact) mass is 280 g/mol. The van der Waals surface area contributed by atoms with Crippen LogP contribution in [0.5, 0.6) is 0 Å². The first kappa shape index (κ1) is 13.0. The molecule has 1 aromatic carbocycles. The Morgan fingerprint density at radius 3 is 2.71 bits per heavy atom. The molecule has 0 atom stereocenters. The number of pyridine rings is 1. The molecule has 6 nitrogen and oxygen atoms in total. The van der Waals surface area contributed by atoms with Gasteiger partial charge in [-0.1, -0.05) is 23.4 Å². The van der Waals surface area contributed by atoms with Crippen LogP contribution in [0.1, 0.15) is 16.2 Å². The van der Waals surface area contributed by atoms with Crippen molar-refractivity contribution in [3.63, 3.8) is 0 Å². The molecule has 3 rings (SSSR count). The zero-order chi connectivity index (χ0) is 14.7. The highest BCUT2D eigenvalue weighted by Crippen LogP contribution is 2.21. The number of aryl methyl sites for hydroxylation is 1. The number of nitrogens with zero attached hydrogens (tertiary/aromatic N) is 3. The van der Waals surface area contributed by atoms with Crippen molar-refractivity contribution in [2.45, 2.75) is 6.92 Å². The van der Waals surface area contributed by atoms with Crippen molar-refractivity contribution in [2.75, 3.05) is 5.32 Å². The Hall–Kier alpha value is -3.02. The number of carbonyl (C=O) groups excluding carboxylic acids is 1. The molecule has 0 aliphatic rings. The molecule has 1 amide bonds. The number of amides is 1. The third-order valence-electron chi connectivity index (χ3n) is 2.87. The average molecular weight is 280 g/mol. The molecule has 0 radical (unpaired) electrons. The van der Waals surface area contributed by atoms with E-state index in [0.29, 0.717) is 28.5 Å². The van der Waals surface area contributed by atoms with Gasteiger partial charge in [-0.15, -0.1) is 0 Å². The summed E-state index contributed by atoms with van der Waals surface area (Å²) in [5, 5.41) is 6.65. The van der Waals surface area contributed by atoms with Gasteiger partial charge in [0.2, 0.25) is 11.7 Å². The Morgan fingerprint density at radius 2 is 2.00 bits per heavy atom. The summed E-state index contributed by atoms with van der Waals surface area (Å²) in [6.45, 7) is 1.70. The van der Waals surface area contributed by atoms with Gasteiger partial charge in [0.05, 0.1) is 5.56 Å². The lowest BCUT2D eigenvalue weighted by Gasteiger charge is -2.07. The average Bonchev–Trinajstić information content (AvgIpc) is 2.95. The lowest BCUT2D eigenvalue weighted by molar-refractivity contribution is 0.102. The van der Waals surface area contributed by atoms with Crippen LogP contribution in [-0.4, -0.2) is 21.0 Å². The van der Waals surface area contributed by atoms with Gasteiger partial charge in [0.15, 0.2) is 0 Å². The molecule has 0 bridgehead atoms. The van der Waals surface area contributed by atoms with Crippen molar-refractivity contribution in [3.8, 4) is 11.4 Å². The number of aromatic nitrogens is 3. The van der Waals surface area contributed by atoms with Crippen molar-refractivity contribution < 1.29 is 9.32 Å². The van der Waals surface area contributed by atoms with E-state index in [1.54, 1.807) is 19.2 Å². The van der Waals surface area contributed by atoms with E-state index in [4.69, 9.17) is 4.52 Å². The second-order valence-corrected chi connectivity index (χ2v) is 4.38. The smallest absolute Gasteiger partial charge is 0.257 e. The van der Waals surface area contributed by atoms with Gasteiger partial charge in [0, 0.05) is 30.6 Å². The number of rotatable bonds is 3. The molecule has 21 heavy (non-hydrogen) atoms. The van der Waals surface area contributed by atoms with Gasteiger partial charge >= 0.3 is 0 Å². The molecule has 0 spiro atoms. The predicted molar refractivity (Wildman–Crippen MR) is 76.7 cm³/mol. The summed E-state index contributed by atoms with van der Waals surface area (Å²) in [6.07, 6.45) is 3.07. The summed E-state index contributed by atoms with van der Waals surface area (Å²) >= 11 is 0. The summed E-state index contributed by atoms with van der Waals surface area (Å²) < 4.78 is 4.96. The highest BCUT2D eigenvalue weighted by molar-refractivity contribution is 6.08. The first-order valence-corrected chi connectivity index (χ1v) is 6.35. The fraction of sp³-hybridized carbons (Fsp3) is 0.0667. The molecule has 0 saturated carbocycles. The van der Waals surface area contributed by atoms with E-state index in [9.17, 15) is 4.79 Å². The van der Waals surface area contributed by atoms with E-state index in [1.807, 2.05) is 30.3 Å². The molecule has 0 aliphatic carbocycles. The molecule has 0 fully saturated rings. The molecule has 1 N–H and O–H groups in total. The van der Waals surface area contributed by atoms with E-state index < -0.39 is 0 Å². The summed E-state index contributed by atoms with van der Waals surface area (Å²) in [4.78, 5) is 20.5. The van der Waals surface area contributed by atoms with E-state index in [1.165, 1.54) is 6.20 Å². The number of anilines is 1. The quantitative estimate of drug-likeness (QED) is 0.797. The Labute approximate surface area is 120 Å². The zero-order valence-electron chi connectivity index (χ0n) is 11.3. The maximum absolute atomic E-state index is 12.4. The molecule has 104 valence electrons. The van der Waals surface area contributed by atoms with Crippen molar-refractivity contribution in [1.29, 1.82) is 0 Å².